The molecule has 3 aliphatic rings. The summed E-state index contributed by atoms with van der Waals surface area (Å²) in [4.78, 5) is 0. The van der Waals surface area contributed by atoms with Crippen LogP contribution in [0.2, 0.25) is 0 Å². The fourth-order valence-electron chi connectivity index (χ4n) is 6.30. The standard InChI is InChI=1S/C23H37FO3/c1-7-8-9-10-15-13-17(26-5)18(20(27-6)19(15)24)23(25)21(2,3)16-11-12-22(23,4)14-16/h13,15-16,19,25H,7-12,14H2,1-6H3/t15?,16?,19?,22?,23-/m0/s1. The number of rotatable bonds is 7. The summed E-state index contributed by atoms with van der Waals surface area (Å²) >= 11 is 0. The van der Waals surface area contributed by atoms with Crippen molar-refractivity contribution in [2.24, 2.45) is 22.7 Å². The van der Waals surface area contributed by atoms with Crippen LogP contribution in [-0.2, 0) is 9.47 Å². The quantitative estimate of drug-likeness (QED) is 0.589. The van der Waals surface area contributed by atoms with E-state index in [1.54, 1.807) is 7.11 Å². The lowest BCUT2D eigenvalue weighted by Gasteiger charge is -2.53. The number of methoxy groups -OCH3 is 2. The van der Waals surface area contributed by atoms with Crippen LogP contribution in [0.1, 0.15) is 72.6 Å². The molecule has 0 saturated heterocycles. The lowest BCUT2D eigenvalue weighted by molar-refractivity contribution is -0.118. The molecule has 2 saturated carbocycles. The molecule has 0 aromatic carbocycles. The van der Waals surface area contributed by atoms with Crippen LogP contribution in [-0.4, -0.2) is 31.1 Å². The zero-order valence-electron chi connectivity index (χ0n) is 17.9. The second-order valence-corrected chi connectivity index (χ2v) is 9.67. The highest BCUT2D eigenvalue weighted by Crippen LogP contribution is 2.71. The van der Waals surface area contributed by atoms with Crippen molar-refractivity contribution in [3.05, 3.63) is 23.2 Å². The Morgan fingerprint density at radius 3 is 2.41 bits per heavy atom. The third-order valence-corrected chi connectivity index (χ3v) is 8.00. The monoisotopic (exact) mass is 380 g/mol. The summed E-state index contributed by atoms with van der Waals surface area (Å²) < 4.78 is 26.9. The Bertz CT molecular complexity index is 631. The van der Waals surface area contributed by atoms with E-state index >= 15 is 4.39 Å². The first kappa shape index (κ1) is 20.7. The maximum Gasteiger partial charge on any atom is 0.164 e. The number of halogens is 1. The Labute approximate surface area is 164 Å². The van der Waals surface area contributed by atoms with E-state index in [1.165, 1.54) is 7.11 Å². The van der Waals surface area contributed by atoms with Crippen molar-refractivity contribution in [1.29, 1.82) is 0 Å². The molecule has 0 aromatic rings. The minimum absolute atomic E-state index is 0.261. The van der Waals surface area contributed by atoms with E-state index in [2.05, 4.69) is 27.7 Å². The van der Waals surface area contributed by atoms with Crippen molar-refractivity contribution >= 4 is 0 Å². The number of hydrogen-bond acceptors (Lipinski definition) is 3. The van der Waals surface area contributed by atoms with Gasteiger partial charge >= 0.3 is 0 Å². The average molecular weight is 381 g/mol. The van der Waals surface area contributed by atoms with Gasteiger partial charge in [-0.2, -0.15) is 0 Å². The van der Waals surface area contributed by atoms with Crippen molar-refractivity contribution in [3.63, 3.8) is 0 Å². The van der Waals surface area contributed by atoms with Crippen molar-refractivity contribution in [2.75, 3.05) is 14.2 Å². The number of allylic oxidation sites excluding steroid dienone is 2. The highest BCUT2D eigenvalue weighted by atomic mass is 19.1. The highest BCUT2D eigenvalue weighted by molar-refractivity contribution is 5.48. The molecule has 0 heterocycles. The number of aliphatic hydroxyl groups is 1. The maximum atomic E-state index is 15.5. The van der Waals surface area contributed by atoms with Gasteiger partial charge < -0.3 is 14.6 Å². The Balaban J connectivity index is 2.07. The van der Waals surface area contributed by atoms with Gasteiger partial charge in [0.05, 0.1) is 19.8 Å². The summed E-state index contributed by atoms with van der Waals surface area (Å²) in [5, 5.41) is 12.2. The van der Waals surface area contributed by atoms with E-state index in [0.717, 1.165) is 44.9 Å². The maximum absolute atomic E-state index is 15.5. The zero-order chi connectivity index (χ0) is 20.0. The molecule has 3 aliphatic carbocycles. The van der Waals surface area contributed by atoms with Gasteiger partial charge in [0.25, 0.3) is 0 Å². The zero-order valence-corrected chi connectivity index (χ0v) is 17.9. The molecule has 1 N–H and O–H groups in total. The molecular formula is C23H37FO3. The van der Waals surface area contributed by atoms with Crippen LogP contribution < -0.4 is 0 Å². The Kier molecular flexibility index (Phi) is 5.44. The summed E-state index contributed by atoms with van der Waals surface area (Å²) in [6.07, 6.45) is 7.65. The number of ether oxygens (including phenoxy) is 2. The number of alkyl halides is 1. The van der Waals surface area contributed by atoms with Gasteiger partial charge in [-0.3, -0.25) is 0 Å². The third kappa shape index (κ3) is 2.77. The van der Waals surface area contributed by atoms with E-state index in [0.29, 0.717) is 17.3 Å². The summed E-state index contributed by atoms with van der Waals surface area (Å²) in [5.41, 5.74) is -1.24. The van der Waals surface area contributed by atoms with Crippen LogP contribution in [0.25, 0.3) is 0 Å². The minimum Gasteiger partial charge on any atom is -0.497 e. The molecule has 2 fully saturated rings. The summed E-state index contributed by atoms with van der Waals surface area (Å²) in [6.45, 7) is 8.54. The highest BCUT2D eigenvalue weighted by Gasteiger charge is 2.71. The minimum atomic E-state index is -1.23. The van der Waals surface area contributed by atoms with Gasteiger partial charge in [-0.05, 0) is 37.7 Å². The molecule has 0 aliphatic heterocycles. The molecule has 5 atom stereocenters. The first-order valence-corrected chi connectivity index (χ1v) is 10.6. The van der Waals surface area contributed by atoms with E-state index < -0.39 is 11.8 Å². The van der Waals surface area contributed by atoms with Gasteiger partial charge in [-0.25, -0.2) is 4.39 Å². The lowest BCUT2D eigenvalue weighted by Crippen LogP contribution is -2.57. The Morgan fingerprint density at radius 2 is 1.89 bits per heavy atom. The molecule has 4 unspecified atom stereocenters. The van der Waals surface area contributed by atoms with E-state index in [4.69, 9.17) is 9.47 Å². The van der Waals surface area contributed by atoms with Crippen molar-refractivity contribution in [3.8, 4) is 0 Å². The van der Waals surface area contributed by atoms with Crippen LogP contribution >= 0.6 is 0 Å². The Hall–Kier alpha value is -1.03. The molecule has 2 bridgehead atoms. The predicted molar refractivity (Wildman–Crippen MR) is 106 cm³/mol. The van der Waals surface area contributed by atoms with Gasteiger partial charge in [0.1, 0.15) is 17.1 Å². The lowest BCUT2D eigenvalue weighted by atomic mass is 9.56. The van der Waals surface area contributed by atoms with Crippen LogP contribution in [0.3, 0.4) is 0 Å². The fourth-order valence-corrected chi connectivity index (χ4v) is 6.30. The largest absolute Gasteiger partial charge is 0.497 e. The van der Waals surface area contributed by atoms with Gasteiger partial charge in [0.2, 0.25) is 0 Å². The third-order valence-electron chi connectivity index (χ3n) is 8.00. The topological polar surface area (TPSA) is 38.7 Å². The van der Waals surface area contributed by atoms with Crippen LogP contribution in [0.15, 0.2) is 23.2 Å². The summed E-state index contributed by atoms with van der Waals surface area (Å²) in [5.74, 6) is 1.05. The van der Waals surface area contributed by atoms with E-state index in [1.807, 2.05) is 6.08 Å². The number of unbranched alkanes of at least 4 members (excludes halogenated alkanes) is 2. The number of fused-ring (bicyclic) bond motifs is 2. The molecule has 0 amide bonds. The molecular weight excluding hydrogens is 343 g/mol. The van der Waals surface area contributed by atoms with Crippen LogP contribution in [0.5, 0.6) is 0 Å². The van der Waals surface area contributed by atoms with Crippen LogP contribution in [0, 0.1) is 22.7 Å². The normalized spacial score (nSPS) is 40.3. The molecule has 4 heteroatoms. The summed E-state index contributed by atoms with van der Waals surface area (Å²) in [7, 11) is 3.14. The van der Waals surface area contributed by atoms with Gasteiger partial charge in [-0.1, -0.05) is 47.0 Å². The van der Waals surface area contributed by atoms with Gasteiger partial charge in [0.15, 0.2) is 6.17 Å². The number of hydrogen-bond donors (Lipinski definition) is 1. The average Bonchev–Trinajstić information content (AvgIpc) is 3.11. The van der Waals surface area contributed by atoms with Gasteiger partial charge in [-0.15, -0.1) is 0 Å². The predicted octanol–water partition coefficient (Wildman–Crippen LogP) is 5.54. The molecule has 0 radical (unpaired) electrons. The van der Waals surface area contributed by atoms with Crippen LogP contribution in [0.4, 0.5) is 4.39 Å². The molecule has 0 spiro atoms. The second-order valence-electron chi connectivity index (χ2n) is 9.67. The van der Waals surface area contributed by atoms with Crippen molar-refractivity contribution in [2.45, 2.75) is 84.4 Å². The smallest absolute Gasteiger partial charge is 0.164 e. The van der Waals surface area contributed by atoms with Crippen molar-refractivity contribution in [1.82, 2.24) is 0 Å². The first-order valence-electron chi connectivity index (χ1n) is 10.6. The van der Waals surface area contributed by atoms with Gasteiger partial charge in [0, 0.05) is 16.7 Å². The molecule has 154 valence electrons. The second kappa shape index (κ2) is 7.09. The molecule has 3 nitrogen and oxygen atoms in total. The molecule has 27 heavy (non-hydrogen) atoms. The fraction of sp³-hybridized carbons (Fsp3) is 0.826. The molecule has 3 rings (SSSR count). The first-order chi connectivity index (χ1) is 12.7. The molecule has 0 aromatic heterocycles. The van der Waals surface area contributed by atoms with Crippen molar-refractivity contribution < 1.29 is 19.0 Å². The Morgan fingerprint density at radius 1 is 1.19 bits per heavy atom. The summed E-state index contributed by atoms with van der Waals surface area (Å²) in [6, 6.07) is 0. The van der Waals surface area contributed by atoms with E-state index in [9.17, 15) is 5.11 Å². The SMILES string of the molecule is CCCCCC1C=C(OC)C([C@@]2(O)C3(C)CCC(C3)C2(C)C)=C(OC)C1F. The van der Waals surface area contributed by atoms with E-state index in [-0.39, 0.29) is 22.5 Å².